The van der Waals surface area contributed by atoms with Crippen molar-refractivity contribution in [2.24, 2.45) is 4.99 Å². The molecule has 0 radical (unpaired) electrons. The van der Waals surface area contributed by atoms with Crippen LogP contribution in [0.4, 0.5) is 0 Å². The lowest BCUT2D eigenvalue weighted by Gasteiger charge is -2.21. The Morgan fingerprint density at radius 2 is 1.93 bits per heavy atom. The molecule has 0 bridgehead atoms. The molecule has 0 aliphatic heterocycles. The summed E-state index contributed by atoms with van der Waals surface area (Å²) < 4.78 is 1.38. The summed E-state index contributed by atoms with van der Waals surface area (Å²) in [5.41, 5.74) is 0.800. The lowest BCUT2D eigenvalue weighted by molar-refractivity contribution is 0.100. The molecule has 0 unspecified atom stereocenters. The molecule has 27 heavy (non-hydrogen) atoms. The number of aliphatic imine (C=N–C) groups is 1. The lowest BCUT2D eigenvalue weighted by Crippen LogP contribution is -2.36. The van der Waals surface area contributed by atoms with Crippen LogP contribution in [0.5, 0.6) is 0 Å². The van der Waals surface area contributed by atoms with Crippen molar-refractivity contribution in [2.45, 2.75) is 37.0 Å². The van der Waals surface area contributed by atoms with Crippen LogP contribution in [-0.4, -0.2) is 41.0 Å². The van der Waals surface area contributed by atoms with Gasteiger partial charge in [0, 0.05) is 25.4 Å². The van der Waals surface area contributed by atoms with E-state index in [0.717, 1.165) is 5.56 Å². The summed E-state index contributed by atoms with van der Waals surface area (Å²) >= 11 is 7.67. The maximum absolute atomic E-state index is 12.4. The van der Waals surface area contributed by atoms with Crippen molar-refractivity contribution in [3.05, 3.63) is 57.0 Å². The molecule has 0 spiro atoms. The van der Waals surface area contributed by atoms with Crippen molar-refractivity contribution in [1.29, 1.82) is 0 Å². The van der Waals surface area contributed by atoms with Crippen molar-refractivity contribution in [3.8, 4) is 0 Å². The highest BCUT2D eigenvalue weighted by molar-refractivity contribution is 7.98. The summed E-state index contributed by atoms with van der Waals surface area (Å²) in [4.78, 5) is 30.5. The van der Waals surface area contributed by atoms with Gasteiger partial charge < -0.3 is 4.90 Å². The fourth-order valence-electron chi connectivity index (χ4n) is 2.14. The van der Waals surface area contributed by atoms with E-state index in [1.165, 1.54) is 22.8 Å². The maximum atomic E-state index is 12.4. The summed E-state index contributed by atoms with van der Waals surface area (Å²) in [5, 5.41) is 4.40. The van der Waals surface area contributed by atoms with Crippen LogP contribution < -0.4 is 5.56 Å². The summed E-state index contributed by atoms with van der Waals surface area (Å²) in [6.07, 6.45) is 3.09. The van der Waals surface area contributed by atoms with Gasteiger partial charge in [0.05, 0.1) is 23.0 Å². The topological polar surface area (TPSA) is 67.6 Å². The zero-order chi connectivity index (χ0) is 20.2. The molecule has 144 valence electrons. The third kappa shape index (κ3) is 5.68. The third-order valence-electron chi connectivity index (χ3n) is 3.52. The standard InChI is InChI=1S/C19H23ClN4O2S/c1-19(2,3)24-18(26)16(20)15(10-22-24)27-11-13-6-8-14(9-7-13)17(25)21-12-23(4)5/h6-10,12H,11H2,1-5H3. The molecule has 0 fully saturated rings. The second-order valence-corrected chi connectivity index (χ2v) is 8.60. The Bertz CT molecular complexity index is 899. The van der Waals surface area contributed by atoms with Crippen LogP contribution in [-0.2, 0) is 11.3 Å². The molecule has 6 nitrogen and oxygen atoms in total. The van der Waals surface area contributed by atoms with Gasteiger partial charge in [0.25, 0.3) is 11.5 Å². The number of rotatable bonds is 5. The van der Waals surface area contributed by atoms with Gasteiger partial charge >= 0.3 is 0 Å². The fourth-order valence-corrected chi connectivity index (χ4v) is 3.29. The van der Waals surface area contributed by atoms with Crippen molar-refractivity contribution < 1.29 is 4.79 Å². The minimum Gasteiger partial charge on any atom is -0.369 e. The van der Waals surface area contributed by atoms with Crippen molar-refractivity contribution in [3.63, 3.8) is 0 Å². The van der Waals surface area contributed by atoms with Crippen molar-refractivity contribution >= 4 is 35.6 Å². The largest absolute Gasteiger partial charge is 0.369 e. The van der Waals surface area contributed by atoms with Crippen LogP contribution in [0.3, 0.4) is 0 Å². The van der Waals surface area contributed by atoms with E-state index in [1.54, 1.807) is 37.3 Å². The van der Waals surface area contributed by atoms with E-state index in [9.17, 15) is 9.59 Å². The monoisotopic (exact) mass is 406 g/mol. The molecular weight excluding hydrogens is 384 g/mol. The van der Waals surface area contributed by atoms with E-state index in [4.69, 9.17) is 11.6 Å². The summed E-state index contributed by atoms with van der Waals surface area (Å²) in [7, 11) is 3.61. The second kappa shape index (κ2) is 8.71. The molecule has 1 amide bonds. The van der Waals surface area contributed by atoms with E-state index in [0.29, 0.717) is 16.2 Å². The molecule has 0 saturated carbocycles. The minimum atomic E-state index is -0.429. The Hall–Kier alpha value is -2.12. The van der Waals surface area contributed by atoms with Crippen LogP contribution >= 0.6 is 23.4 Å². The van der Waals surface area contributed by atoms with Gasteiger partial charge in [-0.2, -0.15) is 10.1 Å². The quantitative estimate of drug-likeness (QED) is 0.430. The van der Waals surface area contributed by atoms with Gasteiger partial charge in [0.1, 0.15) is 5.02 Å². The van der Waals surface area contributed by atoms with Gasteiger partial charge in [-0.25, -0.2) is 4.68 Å². The van der Waals surface area contributed by atoms with Gasteiger partial charge in [-0.1, -0.05) is 23.7 Å². The molecule has 2 rings (SSSR count). The number of amides is 1. The number of thioether (sulfide) groups is 1. The van der Waals surface area contributed by atoms with Gasteiger partial charge in [0.2, 0.25) is 0 Å². The van der Waals surface area contributed by atoms with Gasteiger partial charge in [0.15, 0.2) is 0 Å². The normalized spacial score (nSPS) is 11.8. The molecule has 1 heterocycles. The molecule has 0 atom stereocenters. The molecule has 0 saturated heterocycles. The van der Waals surface area contributed by atoms with E-state index in [1.807, 2.05) is 32.9 Å². The first-order valence-electron chi connectivity index (χ1n) is 8.34. The summed E-state index contributed by atoms with van der Waals surface area (Å²) in [6, 6.07) is 7.21. The number of halogens is 1. The highest BCUT2D eigenvalue weighted by atomic mass is 35.5. The van der Waals surface area contributed by atoms with Crippen LogP contribution in [0.1, 0.15) is 36.7 Å². The zero-order valence-corrected chi connectivity index (χ0v) is 17.6. The number of hydrogen-bond donors (Lipinski definition) is 0. The van der Waals surface area contributed by atoms with Crippen LogP contribution in [0.2, 0.25) is 5.02 Å². The number of nitrogens with zero attached hydrogens (tertiary/aromatic N) is 4. The zero-order valence-electron chi connectivity index (χ0n) is 16.1. The highest BCUT2D eigenvalue weighted by Gasteiger charge is 2.19. The first kappa shape index (κ1) is 21.2. The van der Waals surface area contributed by atoms with Gasteiger partial charge in [-0.05, 0) is 38.5 Å². The molecule has 1 aromatic carbocycles. The Kier molecular flexibility index (Phi) is 6.84. The lowest BCUT2D eigenvalue weighted by atomic mass is 10.1. The van der Waals surface area contributed by atoms with E-state index < -0.39 is 5.54 Å². The molecule has 0 N–H and O–H groups in total. The Morgan fingerprint density at radius 3 is 2.48 bits per heavy atom. The van der Waals surface area contributed by atoms with Gasteiger partial charge in [-0.15, -0.1) is 11.8 Å². The first-order chi connectivity index (χ1) is 12.6. The molecule has 0 aliphatic carbocycles. The Balaban J connectivity index is 2.08. The molecular formula is C19H23ClN4O2S. The summed E-state index contributed by atoms with van der Waals surface area (Å²) in [5.74, 6) is 0.316. The average Bonchev–Trinajstić information content (AvgIpc) is 2.60. The number of aromatic nitrogens is 2. The van der Waals surface area contributed by atoms with Crippen LogP contribution in [0.25, 0.3) is 0 Å². The van der Waals surface area contributed by atoms with Crippen LogP contribution in [0.15, 0.2) is 45.1 Å². The molecule has 8 heteroatoms. The third-order valence-corrected chi connectivity index (χ3v) is 5.10. The van der Waals surface area contributed by atoms with E-state index >= 15 is 0 Å². The fraction of sp³-hybridized carbons (Fsp3) is 0.368. The molecule has 1 aromatic heterocycles. The predicted octanol–water partition coefficient (Wildman–Crippen LogP) is 3.67. The number of benzene rings is 1. The Labute approximate surface area is 168 Å². The Morgan fingerprint density at radius 1 is 1.30 bits per heavy atom. The van der Waals surface area contributed by atoms with Gasteiger partial charge in [-0.3, -0.25) is 9.59 Å². The summed E-state index contributed by atoms with van der Waals surface area (Å²) in [6.45, 7) is 5.70. The first-order valence-corrected chi connectivity index (χ1v) is 9.71. The van der Waals surface area contributed by atoms with Crippen LogP contribution in [0, 0.1) is 0 Å². The van der Waals surface area contributed by atoms with E-state index in [2.05, 4.69) is 10.1 Å². The maximum Gasteiger partial charge on any atom is 0.287 e. The second-order valence-electron chi connectivity index (χ2n) is 7.21. The SMILES string of the molecule is CN(C)C=NC(=O)c1ccc(CSc2cnn(C(C)(C)C)c(=O)c2Cl)cc1. The number of hydrogen-bond acceptors (Lipinski definition) is 4. The minimum absolute atomic E-state index is 0.176. The van der Waals surface area contributed by atoms with Crippen molar-refractivity contribution in [1.82, 2.24) is 14.7 Å². The highest BCUT2D eigenvalue weighted by Crippen LogP contribution is 2.27. The smallest absolute Gasteiger partial charge is 0.287 e. The predicted molar refractivity (Wildman–Crippen MR) is 111 cm³/mol. The number of carbonyl (C=O) groups excluding carboxylic acids is 1. The average molecular weight is 407 g/mol. The number of carbonyl (C=O) groups is 1. The molecule has 0 aliphatic rings. The molecule has 2 aromatic rings. The van der Waals surface area contributed by atoms with E-state index in [-0.39, 0.29) is 16.5 Å². The van der Waals surface area contributed by atoms with Crippen molar-refractivity contribution in [2.75, 3.05) is 14.1 Å².